The minimum absolute atomic E-state index is 0.0306. The van der Waals surface area contributed by atoms with Gasteiger partial charge in [0.25, 0.3) is 0 Å². The van der Waals surface area contributed by atoms with Crippen molar-refractivity contribution in [2.24, 2.45) is 7.05 Å². The van der Waals surface area contributed by atoms with Crippen molar-refractivity contribution in [3.8, 4) is 0 Å². The first-order chi connectivity index (χ1) is 11.9. The molecule has 3 rings (SSSR count). The van der Waals surface area contributed by atoms with Gasteiger partial charge in [-0.15, -0.1) is 0 Å². The van der Waals surface area contributed by atoms with Gasteiger partial charge in [-0.3, -0.25) is 9.59 Å². The van der Waals surface area contributed by atoms with Crippen LogP contribution in [-0.4, -0.2) is 15.3 Å². The molecule has 0 bridgehead atoms. The lowest BCUT2D eigenvalue weighted by atomic mass is 9.99. The van der Waals surface area contributed by atoms with Crippen LogP contribution in [0.1, 0.15) is 38.4 Å². The monoisotopic (exact) mass is 354 g/mol. The van der Waals surface area contributed by atoms with Gasteiger partial charge in [0.05, 0.1) is 5.69 Å². The molecule has 0 radical (unpaired) electrons. The Morgan fingerprint density at radius 3 is 2.48 bits per heavy atom. The molecule has 0 unspecified atom stereocenters. The zero-order valence-corrected chi connectivity index (χ0v) is 15.1. The number of hydrogen-bond acceptors (Lipinski definition) is 2. The molecule has 128 valence electrons. The van der Waals surface area contributed by atoms with Gasteiger partial charge >= 0.3 is 0 Å². The standard InChI is InChI=1S/C20H19ClN2O2/c1-12-17(10-14-8-9-22-18(24)11-14)13(2)23(3)19(12)20(25)15-4-6-16(21)7-5-15/h4-9,11H,10H2,1-3H3,(H,22,24). The normalized spacial score (nSPS) is 10.9. The number of carbonyl (C=O) groups excluding carboxylic acids is 1. The zero-order chi connectivity index (χ0) is 18.1. The number of halogens is 1. The highest BCUT2D eigenvalue weighted by Crippen LogP contribution is 2.26. The summed E-state index contributed by atoms with van der Waals surface area (Å²) in [5, 5.41) is 0.603. The average molecular weight is 355 g/mol. The van der Waals surface area contributed by atoms with Crippen molar-refractivity contribution in [3.63, 3.8) is 0 Å². The number of benzene rings is 1. The Morgan fingerprint density at radius 2 is 1.84 bits per heavy atom. The summed E-state index contributed by atoms with van der Waals surface area (Å²) < 4.78 is 1.93. The molecule has 5 heteroatoms. The van der Waals surface area contributed by atoms with Crippen LogP contribution in [0, 0.1) is 13.8 Å². The second-order valence-electron chi connectivity index (χ2n) is 6.17. The van der Waals surface area contributed by atoms with E-state index < -0.39 is 0 Å². The van der Waals surface area contributed by atoms with Crippen LogP contribution < -0.4 is 5.56 Å². The van der Waals surface area contributed by atoms with Crippen LogP contribution in [0.3, 0.4) is 0 Å². The van der Waals surface area contributed by atoms with E-state index in [0.717, 1.165) is 22.4 Å². The van der Waals surface area contributed by atoms with Crippen LogP contribution in [0.25, 0.3) is 0 Å². The van der Waals surface area contributed by atoms with Crippen LogP contribution in [-0.2, 0) is 13.5 Å². The maximum Gasteiger partial charge on any atom is 0.248 e. The van der Waals surface area contributed by atoms with E-state index in [4.69, 9.17) is 11.6 Å². The third-order valence-electron chi connectivity index (χ3n) is 4.63. The predicted molar refractivity (Wildman–Crippen MR) is 99.6 cm³/mol. The first-order valence-corrected chi connectivity index (χ1v) is 8.39. The topological polar surface area (TPSA) is 54.9 Å². The Balaban J connectivity index is 2.03. The minimum atomic E-state index is -0.124. The van der Waals surface area contributed by atoms with Crippen molar-refractivity contribution in [3.05, 3.63) is 91.6 Å². The fourth-order valence-corrected chi connectivity index (χ4v) is 3.29. The van der Waals surface area contributed by atoms with Crippen molar-refractivity contribution in [1.82, 2.24) is 9.55 Å². The van der Waals surface area contributed by atoms with Crippen molar-refractivity contribution in [1.29, 1.82) is 0 Å². The van der Waals surface area contributed by atoms with E-state index in [2.05, 4.69) is 4.98 Å². The van der Waals surface area contributed by atoms with Crippen LogP contribution in [0.15, 0.2) is 47.4 Å². The molecule has 3 aromatic rings. The number of nitrogens with zero attached hydrogens (tertiary/aromatic N) is 1. The molecule has 1 aromatic carbocycles. The van der Waals surface area contributed by atoms with E-state index in [1.54, 1.807) is 36.5 Å². The Kier molecular flexibility index (Phi) is 4.64. The largest absolute Gasteiger partial charge is 0.345 e. The summed E-state index contributed by atoms with van der Waals surface area (Å²) in [4.78, 5) is 27.1. The molecule has 0 atom stereocenters. The molecule has 0 aliphatic heterocycles. The summed E-state index contributed by atoms with van der Waals surface area (Å²) in [7, 11) is 1.90. The number of rotatable bonds is 4. The van der Waals surface area contributed by atoms with E-state index in [1.807, 2.05) is 31.5 Å². The summed E-state index contributed by atoms with van der Waals surface area (Å²) in [6.45, 7) is 3.95. The van der Waals surface area contributed by atoms with Crippen LogP contribution in [0.2, 0.25) is 5.02 Å². The quantitative estimate of drug-likeness (QED) is 0.724. The lowest BCUT2D eigenvalue weighted by Crippen LogP contribution is -2.09. The van der Waals surface area contributed by atoms with Crippen molar-refractivity contribution >= 4 is 17.4 Å². The van der Waals surface area contributed by atoms with Gasteiger partial charge in [-0.05, 0) is 67.3 Å². The molecule has 4 nitrogen and oxygen atoms in total. The lowest BCUT2D eigenvalue weighted by Gasteiger charge is -2.06. The first-order valence-electron chi connectivity index (χ1n) is 8.01. The Bertz CT molecular complexity index is 998. The third kappa shape index (κ3) is 3.30. The van der Waals surface area contributed by atoms with Gasteiger partial charge in [-0.25, -0.2) is 0 Å². The third-order valence-corrected chi connectivity index (χ3v) is 4.88. The number of H-pyrrole nitrogens is 1. The molecule has 2 aromatic heterocycles. The predicted octanol–water partition coefficient (Wildman–Crippen LogP) is 3.81. The van der Waals surface area contributed by atoms with Gasteiger partial charge in [0.15, 0.2) is 0 Å². The van der Waals surface area contributed by atoms with Crippen LogP contribution in [0.4, 0.5) is 0 Å². The summed E-state index contributed by atoms with van der Waals surface area (Å²) in [5.74, 6) is -0.0306. The number of aromatic amines is 1. The summed E-state index contributed by atoms with van der Waals surface area (Å²) >= 11 is 5.91. The van der Waals surface area contributed by atoms with Crippen molar-refractivity contribution < 1.29 is 4.79 Å². The smallest absolute Gasteiger partial charge is 0.248 e. The molecule has 1 N–H and O–H groups in total. The van der Waals surface area contributed by atoms with Crippen molar-refractivity contribution in [2.75, 3.05) is 0 Å². The minimum Gasteiger partial charge on any atom is -0.345 e. The molecule has 0 saturated carbocycles. The Morgan fingerprint density at radius 1 is 1.16 bits per heavy atom. The van der Waals surface area contributed by atoms with Gasteiger partial charge in [0.1, 0.15) is 0 Å². The molecule has 0 spiro atoms. The molecule has 25 heavy (non-hydrogen) atoms. The van der Waals surface area contributed by atoms with Gasteiger partial charge < -0.3 is 9.55 Å². The lowest BCUT2D eigenvalue weighted by molar-refractivity contribution is 0.103. The molecule has 0 fully saturated rings. The molecule has 2 heterocycles. The Labute approximate surface area is 151 Å². The number of pyridine rings is 1. The fourth-order valence-electron chi connectivity index (χ4n) is 3.16. The van der Waals surface area contributed by atoms with Crippen LogP contribution in [0.5, 0.6) is 0 Å². The number of hydrogen-bond donors (Lipinski definition) is 1. The van der Waals surface area contributed by atoms with E-state index >= 15 is 0 Å². The maximum atomic E-state index is 13.0. The van der Waals surface area contributed by atoms with E-state index in [0.29, 0.717) is 22.7 Å². The van der Waals surface area contributed by atoms with Gasteiger partial charge in [0.2, 0.25) is 11.3 Å². The summed E-state index contributed by atoms with van der Waals surface area (Å²) in [6.07, 6.45) is 2.26. The Hall–Kier alpha value is -2.59. The molecule has 0 saturated heterocycles. The highest BCUT2D eigenvalue weighted by atomic mass is 35.5. The van der Waals surface area contributed by atoms with E-state index in [-0.39, 0.29) is 11.3 Å². The highest BCUT2D eigenvalue weighted by molar-refractivity contribution is 6.30. The van der Waals surface area contributed by atoms with E-state index in [1.165, 1.54) is 0 Å². The first kappa shape index (κ1) is 17.2. The fraction of sp³-hybridized carbons (Fsp3) is 0.200. The second kappa shape index (κ2) is 6.73. The molecule has 0 aliphatic rings. The summed E-state index contributed by atoms with van der Waals surface area (Å²) in [5.41, 5.74) is 5.11. The highest BCUT2D eigenvalue weighted by Gasteiger charge is 2.22. The number of aromatic nitrogens is 2. The maximum absolute atomic E-state index is 13.0. The molecule has 0 amide bonds. The van der Waals surface area contributed by atoms with Crippen LogP contribution >= 0.6 is 11.6 Å². The van der Waals surface area contributed by atoms with Crippen molar-refractivity contribution in [2.45, 2.75) is 20.3 Å². The summed E-state index contributed by atoms with van der Waals surface area (Å²) in [6, 6.07) is 10.4. The van der Waals surface area contributed by atoms with Gasteiger partial charge in [-0.2, -0.15) is 0 Å². The molecular weight excluding hydrogens is 336 g/mol. The SMILES string of the molecule is Cc1c(Cc2cc[nH]c(=O)c2)c(C)n(C)c1C(=O)c1ccc(Cl)cc1. The number of nitrogens with one attached hydrogen (secondary N) is 1. The second-order valence-corrected chi connectivity index (χ2v) is 6.61. The zero-order valence-electron chi connectivity index (χ0n) is 14.4. The van der Waals surface area contributed by atoms with Gasteiger partial charge in [-0.1, -0.05) is 11.6 Å². The molecule has 0 aliphatic carbocycles. The average Bonchev–Trinajstić information content (AvgIpc) is 2.79. The van der Waals surface area contributed by atoms with E-state index in [9.17, 15) is 9.59 Å². The number of ketones is 1. The number of carbonyl (C=O) groups is 1. The molecular formula is C20H19ClN2O2. The van der Waals surface area contributed by atoms with Gasteiger partial charge in [0, 0.05) is 35.6 Å².